The summed E-state index contributed by atoms with van der Waals surface area (Å²) in [6.45, 7) is 5.26. The van der Waals surface area contributed by atoms with Crippen LogP contribution in [0.2, 0.25) is 0 Å². The molecule has 2 heterocycles. The van der Waals surface area contributed by atoms with Crippen molar-refractivity contribution in [2.24, 2.45) is 5.41 Å². The highest BCUT2D eigenvalue weighted by atomic mass is 32.2. The van der Waals surface area contributed by atoms with Crippen molar-refractivity contribution < 1.29 is 17.9 Å². The standard InChI is InChI=1S/C10H18N2O4S/c1-10(2)7-17(14,15)12(9(10)13)5-8-6-16-4-3-11-8/h8,11H,3-7H2,1-2H3. The zero-order valence-electron chi connectivity index (χ0n) is 10.1. The molecule has 1 unspecified atom stereocenters. The largest absolute Gasteiger partial charge is 0.378 e. The highest BCUT2D eigenvalue weighted by Crippen LogP contribution is 2.31. The molecule has 2 aliphatic rings. The second kappa shape index (κ2) is 4.22. The molecule has 2 rings (SSSR count). The van der Waals surface area contributed by atoms with E-state index in [4.69, 9.17) is 4.74 Å². The summed E-state index contributed by atoms with van der Waals surface area (Å²) in [4.78, 5) is 12.0. The fraction of sp³-hybridized carbons (Fsp3) is 0.900. The molecule has 0 aromatic carbocycles. The highest BCUT2D eigenvalue weighted by molar-refractivity contribution is 7.90. The molecular formula is C10H18N2O4S. The first-order valence-corrected chi connectivity index (χ1v) is 7.30. The number of carbonyl (C=O) groups excluding carboxylic acids is 1. The number of amides is 1. The summed E-state index contributed by atoms with van der Waals surface area (Å²) >= 11 is 0. The summed E-state index contributed by atoms with van der Waals surface area (Å²) in [5, 5.41) is 3.15. The van der Waals surface area contributed by atoms with Crippen LogP contribution in [0.1, 0.15) is 13.8 Å². The molecule has 1 amide bonds. The van der Waals surface area contributed by atoms with Crippen LogP contribution < -0.4 is 5.32 Å². The molecule has 1 N–H and O–H groups in total. The maximum absolute atomic E-state index is 12.0. The summed E-state index contributed by atoms with van der Waals surface area (Å²) in [6.07, 6.45) is 0. The number of nitrogens with zero attached hydrogens (tertiary/aromatic N) is 1. The summed E-state index contributed by atoms with van der Waals surface area (Å²) in [5.74, 6) is -0.420. The highest BCUT2D eigenvalue weighted by Gasteiger charge is 2.49. The van der Waals surface area contributed by atoms with Gasteiger partial charge >= 0.3 is 0 Å². The maximum atomic E-state index is 12.0. The van der Waals surface area contributed by atoms with Gasteiger partial charge in [-0.2, -0.15) is 0 Å². The van der Waals surface area contributed by atoms with Crippen LogP contribution in [-0.2, 0) is 19.6 Å². The van der Waals surface area contributed by atoms with Gasteiger partial charge in [0.1, 0.15) is 0 Å². The van der Waals surface area contributed by atoms with Gasteiger partial charge in [0.25, 0.3) is 0 Å². The van der Waals surface area contributed by atoms with Crippen LogP contribution in [0.4, 0.5) is 0 Å². The van der Waals surface area contributed by atoms with Crippen molar-refractivity contribution in [3.8, 4) is 0 Å². The minimum atomic E-state index is -3.46. The van der Waals surface area contributed by atoms with E-state index < -0.39 is 15.4 Å². The molecule has 2 fully saturated rings. The minimum absolute atomic E-state index is 0.101. The van der Waals surface area contributed by atoms with Crippen molar-refractivity contribution in [2.75, 3.05) is 32.1 Å². The Bertz CT molecular complexity index is 412. The molecule has 2 saturated heterocycles. The molecule has 0 aromatic rings. The third-order valence-electron chi connectivity index (χ3n) is 3.07. The first kappa shape index (κ1) is 12.8. The van der Waals surface area contributed by atoms with Crippen molar-refractivity contribution in [1.29, 1.82) is 0 Å². The van der Waals surface area contributed by atoms with Crippen molar-refractivity contribution >= 4 is 15.9 Å². The Morgan fingerprint density at radius 3 is 2.71 bits per heavy atom. The molecule has 6 nitrogen and oxygen atoms in total. The quantitative estimate of drug-likeness (QED) is 0.703. The predicted molar refractivity (Wildman–Crippen MR) is 61.9 cm³/mol. The third-order valence-corrected chi connectivity index (χ3v) is 5.14. The number of carbonyl (C=O) groups is 1. The Hall–Kier alpha value is -0.660. The minimum Gasteiger partial charge on any atom is -0.378 e. The molecule has 0 saturated carbocycles. The van der Waals surface area contributed by atoms with E-state index in [1.807, 2.05) is 0 Å². The SMILES string of the molecule is CC1(C)CS(=O)(=O)N(CC2COCCN2)C1=O. The van der Waals surface area contributed by atoms with Gasteiger partial charge < -0.3 is 10.1 Å². The molecule has 0 aromatic heterocycles. The van der Waals surface area contributed by atoms with E-state index in [1.54, 1.807) is 13.8 Å². The summed E-state index contributed by atoms with van der Waals surface area (Å²) in [7, 11) is -3.46. The zero-order valence-corrected chi connectivity index (χ0v) is 10.9. The van der Waals surface area contributed by atoms with Gasteiger partial charge in [0.05, 0.1) is 30.9 Å². The van der Waals surface area contributed by atoms with E-state index in [0.29, 0.717) is 19.8 Å². The fourth-order valence-electron chi connectivity index (χ4n) is 2.19. The van der Waals surface area contributed by atoms with Gasteiger partial charge in [-0.3, -0.25) is 4.79 Å². The van der Waals surface area contributed by atoms with E-state index in [0.717, 1.165) is 4.31 Å². The lowest BCUT2D eigenvalue weighted by molar-refractivity contribution is -0.132. The van der Waals surface area contributed by atoms with Crippen LogP contribution in [-0.4, -0.2) is 56.7 Å². The van der Waals surface area contributed by atoms with Gasteiger partial charge in [0.2, 0.25) is 15.9 Å². The number of hydrogen-bond donors (Lipinski definition) is 1. The normalized spacial score (nSPS) is 31.8. The van der Waals surface area contributed by atoms with Gasteiger partial charge in [-0.05, 0) is 13.8 Å². The van der Waals surface area contributed by atoms with Crippen LogP contribution in [0.15, 0.2) is 0 Å². The Kier molecular flexibility index (Phi) is 3.17. The second-order valence-electron chi connectivity index (χ2n) is 5.20. The fourth-order valence-corrected chi connectivity index (χ4v) is 4.29. The van der Waals surface area contributed by atoms with Crippen molar-refractivity contribution in [2.45, 2.75) is 19.9 Å². The number of morpholine rings is 1. The lowest BCUT2D eigenvalue weighted by Crippen LogP contribution is -2.50. The van der Waals surface area contributed by atoms with Crippen LogP contribution in [0.5, 0.6) is 0 Å². The average molecular weight is 262 g/mol. The molecule has 0 bridgehead atoms. The average Bonchev–Trinajstić information content (AvgIpc) is 2.38. The first-order valence-electron chi connectivity index (χ1n) is 5.69. The lowest BCUT2D eigenvalue weighted by atomic mass is 9.95. The second-order valence-corrected chi connectivity index (χ2v) is 7.10. The predicted octanol–water partition coefficient (Wildman–Crippen LogP) is -0.827. The van der Waals surface area contributed by atoms with Crippen molar-refractivity contribution in [3.63, 3.8) is 0 Å². The number of rotatable bonds is 2. The Balaban J connectivity index is 2.11. The van der Waals surface area contributed by atoms with Gasteiger partial charge in [-0.15, -0.1) is 0 Å². The van der Waals surface area contributed by atoms with E-state index in [9.17, 15) is 13.2 Å². The van der Waals surface area contributed by atoms with Crippen molar-refractivity contribution in [3.05, 3.63) is 0 Å². The maximum Gasteiger partial charge on any atom is 0.242 e. The Morgan fingerprint density at radius 2 is 2.24 bits per heavy atom. The van der Waals surface area contributed by atoms with Gasteiger partial charge in [0, 0.05) is 12.6 Å². The smallest absolute Gasteiger partial charge is 0.242 e. The van der Waals surface area contributed by atoms with E-state index in [1.165, 1.54) is 0 Å². The van der Waals surface area contributed by atoms with E-state index >= 15 is 0 Å². The van der Waals surface area contributed by atoms with Crippen LogP contribution in [0.3, 0.4) is 0 Å². The summed E-state index contributed by atoms with van der Waals surface area (Å²) < 4.78 is 30.0. The molecular weight excluding hydrogens is 244 g/mol. The number of hydrogen-bond acceptors (Lipinski definition) is 5. The molecule has 17 heavy (non-hydrogen) atoms. The Labute approximate surface area is 101 Å². The first-order chi connectivity index (χ1) is 7.83. The zero-order chi connectivity index (χ0) is 12.7. The molecule has 98 valence electrons. The molecule has 1 atom stereocenters. The molecule has 7 heteroatoms. The third kappa shape index (κ3) is 2.46. The topological polar surface area (TPSA) is 75.7 Å². The molecule has 0 spiro atoms. The van der Waals surface area contributed by atoms with E-state index in [2.05, 4.69) is 5.32 Å². The number of nitrogens with one attached hydrogen (secondary N) is 1. The molecule has 0 aliphatic carbocycles. The summed E-state index contributed by atoms with van der Waals surface area (Å²) in [5.41, 5.74) is -0.811. The van der Waals surface area contributed by atoms with Crippen LogP contribution in [0.25, 0.3) is 0 Å². The molecule has 2 aliphatic heterocycles. The Morgan fingerprint density at radius 1 is 1.53 bits per heavy atom. The van der Waals surface area contributed by atoms with Gasteiger partial charge in [-0.25, -0.2) is 12.7 Å². The molecule has 0 radical (unpaired) electrons. The van der Waals surface area contributed by atoms with Crippen LogP contribution >= 0.6 is 0 Å². The van der Waals surface area contributed by atoms with Gasteiger partial charge in [-0.1, -0.05) is 0 Å². The number of ether oxygens (including phenoxy) is 1. The van der Waals surface area contributed by atoms with E-state index in [-0.39, 0.29) is 24.2 Å². The monoisotopic (exact) mass is 262 g/mol. The van der Waals surface area contributed by atoms with Gasteiger partial charge in [0.15, 0.2) is 0 Å². The lowest BCUT2D eigenvalue weighted by Gasteiger charge is -2.27. The number of sulfonamides is 1. The van der Waals surface area contributed by atoms with Crippen LogP contribution in [0, 0.1) is 5.41 Å². The van der Waals surface area contributed by atoms with Crippen molar-refractivity contribution in [1.82, 2.24) is 9.62 Å². The summed E-state index contributed by atoms with van der Waals surface area (Å²) in [6, 6.07) is -0.101.